The van der Waals surface area contributed by atoms with Gasteiger partial charge in [0.05, 0.1) is 45.6 Å². The molecule has 294 valence electrons. The van der Waals surface area contributed by atoms with Crippen LogP contribution >= 0.6 is 23.2 Å². The summed E-state index contributed by atoms with van der Waals surface area (Å²) in [5.74, 6) is -0.909. The summed E-state index contributed by atoms with van der Waals surface area (Å²) in [5, 5.41) is 23.8. The van der Waals surface area contributed by atoms with Gasteiger partial charge in [0.25, 0.3) is 6.43 Å². The average molecular weight is 807 g/mol. The molecule has 0 spiro atoms. The molecule has 56 heavy (non-hydrogen) atoms. The number of rotatable bonds is 13. The molecule has 0 amide bonds. The van der Waals surface area contributed by atoms with Crippen molar-refractivity contribution < 1.29 is 28.5 Å². The highest BCUT2D eigenvalue weighted by Gasteiger charge is 2.40. The topological polar surface area (TPSA) is 137 Å². The van der Waals surface area contributed by atoms with Gasteiger partial charge in [0.1, 0.15) is 5.52 Å². The van der Waals surface area contributed by atoms with Crippen LogP contribution in [0.2, 0.25) is 10.0 Å². The summed E-state index contributed by atoms with van der Waals surface area (Å²) in [4.78, 5) is 34.0. The molecule has 0 radical (unpaired) electrons. The van der Waals surface area contributed by atoms with E-state index < -0.39 is 23.6 Å². The fraction of sp³-hybridized carbons (Fsp3) is 0.390. The Morgan fingerprint density at radius 2 is 1.77 bits per heavy atom. The van der Waals surface area contributed by atoms with Crippen LogP contribution in [-0.4, -0.2) is 85.8 Å². The van der Waals surface area contributed by atoms with Crippen molar-refractivity contribution in [2.45, 2.75) is 64.1 Å². The van der Waals surface area contributed by atoms with Gasteiger partial charge in [0.2, 0.25) is 5.88 Å². The first-order valence-corrected chi connectivity index (χ1v) is 19.4. The lowest BCUT2D eigenvalue weighted by atomic mass is 9.73. The zero-order chi connectivity index (χ0) is 39.6. The van der Waals surface area contributed by atoms with Crippen LogP contribution in [0.5, 0.6) is 5.88 Å². The number of hydrogen-bond donors (Lipinski definition) is 3. The van der Waals surface area contributed by atoms with Crippen LogP contribution < -0.4 is 10.1 Å². The number of likely N-dealkylation sites (tertiary alicyclic amines) is 1. The lowest BCUT2D eigenvalue weighted by molar-refractivity contribution is -0.152. The molecule has 15 heteroatoms. The van der Waals surface area contributed by atoms with Crippen molar-refractivity contribution in [2.75, 3.05) is 39.1 Å². The number of carboxylic acid groups (broad SMARTS) is 1. The number of hydrogen-bond acceptors (Lipinski definition) is 10. The van der Waals surface area contributed by atoms with Crippen LogP contribution in [0.1, 0.15) is 61.9 Å². The molecule has 1 aliphatic heterocycles. The van der Waals surface area contributed by atoms with E-state index in [1.54, 1.807) is 31.5 Å². The van der Waals surface area contributed by atoms with Crippen LogP contribution in [0, 0.1) is 5.41 Å². The number of carbonyl (C=O) groups is 1. The highest BCUT2D eigenvalue weighted by atomic mass is 35.5. The molecule has 3 aromatic heterocycles. The summed E-state index contributed by atoms with van der Waals surface area (Å²) < 4.78 is 33.8. The maximum atomic E-state index is 14.0. The molecule has 5 aromatic rings. The Bertz CT molecular complexity index is 2240. The summed E-state index contributed by atoms with van der Waals surface area (Å²) in [7, 11) is 3.46. The number of fused-ring (bicyclic) bond motifs is 1. The number of halogens is 4. The molecule has 7 rings (SSSR count). The molecule has 4 heterocycles. The second kappa shape index (κ2) is 16.9. The lowest BCUT2D eigenvalue weighted by Crippen LogP contribution is -2.43. The third-order valence-electron chi connectivity index (χ3n) is 10.7. The second-order valence-corrected chi connectivity index (χ2v) is 15.5. The molecule has 1 aliphatic carbocycles. The molecule has 0 unspecified atom stereocenters. The zero-order valence-electron chi connectivity index (χ0n) is 31.1. The lowest BCUT2D eigenvalue weighted by Gasteiger charge is -2.36. The highest BCUT2D eigenvalue weighted by Crippen LogP contribution is 2.43. The third kappa shape index (κ3) is 8.42. The highest BCUT2D eigenvalue weighted by molar-refractivity contribution is 6.39. The standard InChI is InChI=1S/C41H43Cl2F2N7O4/c1-51(23-41(40(54)55)15-4-3-5-16-41)21-25-12-13-30(49-39(25)56-2)29-10-6-8-27(33(29)42)28-9-7-11-31(34(28)43)47-37-35-32(48-38(50-37)36(44)45)18-24(19-46-35)20-52-17-14-26(53)22-52/h6-13,18-19,26,36,53H,3-5,14-17,20-23H2,1-2H3,(H,54,55)(H,47,48,50)/t26-/m1/s1. The molecular formula is C41H43Cl2F2N7O4. The van der Waals surface area contributed by atoms with E-state index in [4.69, 9.17) is 32.9 Å². The number of aliphatic carboxylic acids is 1. The summed E-state index contributed by atoms with van der Waals surface area (Å²) in [5.41, 5.74) is 4.19. The predicted octanol–water partition coefficient (Wildman–Crippen LogP) is 8.78. The van der Waals surface area contributed by atoms with Crippen LogP contribution in [0.25, 0.3) is 33.4 Å². The van der Waals surface area contributed by atoms with Gasteiger partial charge in [-0.2, -0.15) is 0 Å². The average Bonchev–Trinajstić information content (AvgIpc) is 3.59. The van der Waals surface area contributed by atoms with E-state index >= 15 is 0 Å². The minimum atomic E-state index is -2.92. The van der Waals surface area contributed by atoms with E-state index in [9.17, 15) is 23.8 Å². The van der Waals surface area contributed by atoms with Gasteiger partial charge in [-0.15, -0.1) is 0 Å². The summed E-state index contributed by atoms with van der Waals surface area (Å²) in [6.45, 7) is 2.65. The molecule has 1 atom stereocenters. The van der Waals surface area contributed by atoms with Gasteiger partial charge in [-0.25, -0.2) is 23.7 Å². The monoisotopic (exact) mass is 805 g/mol. The first kappa shape index (κ1) is 39.7. The quantitative estimate of drug-likeness (QED) is 0.105. The number of pyridine rings is 2. The number of aliphatic hydroxyl groups is 1. The van der Waals surface area contributed by atoms with Gasteiger partial charge in [0.15, 0.2) is 11.6 Å². The first-order chi connectivity index (χ1) is 26.9. The molecule has 2 fully saturated rings. The summed E-state index contributed by atoms with van der Waals surface area (Å²) in [6, 6.07) is 16.3. The Hall–Kier alpha value is -4.53. The number of alkyl halides is 2. The van der Waals surface area contributed by atoms with Crippen molar-refractivity contribution in [2.24, 2.45) is 5.41 Å². The number of aromatic nitrogens is 4. The van der Waals surface area contributed by atoms with Crippen molar-refractivity contribution >= 4 is 51.7 Å². The molecule has 2 aliphatic rings. The van der Waals surface area contributed by atoms with Crippen LogP contribution in [-0.2, 0) is 17.9 Å². The molecule has 3 N–H and O–H groups in total. The molecule has 0 bridgehead atoms. The Morgan fingerprint density at radius 1 is 1.04 bits per heavy atom. The Morgan fingerprint density at radius 3 is 2.46 bits per heavy atom. The van der Waals surface area contributed by atoms with Gasteiger partial charge in [0, 0.05) is 61.2 Å². The van der Waals surface area contributed by atoms with Crippen LogP contribution in [0.15, 0.2) is 60.8 Å². The maximum Gasteiger partial charge on any atom is 0.310 e. The van der Waals surface area contributed by atoms with E-state index in [1.165, 1.54) is 0 Å². The molecule has 11 nitrogen and oxygen atoms in total. The number of ether oxygens (including phenoxy) is 1. The van der Waals surface area contributed by atoms with Crippen molar-refractivity contribution in [3.8, 4) is 28.3 Å². The molecule has 1 saturated heterocycles. The number of aliphatic hydroxyl groups excluding tert-OH is 1. The van der Waals surface area contributed by atoms with Crippen molar-refractivity contribution in [3.63, 3.8) is 0 Å². The number of carboxylic acids is 1. The first-order valence-electron chi connectivity index (χ1n) is 18.6. The fourth-order valence-electron chi connectivity index (χ4n) is 7.91. The predicted molar refractivity (Wildman–Crippen MR) is 213 cm³/mol. The fourth-order valence-corrected chi connectivity index (χ4v) is 8.51. The van der Waals surface area contributed by atoms with Gasteiger partial charge in [-0.3, -0.25) is 14.7 Å². The largest absolute Gasteiger partial charge is 0.481 e. The normalized spacial score (nSPS) is 17.2. The summed E-state index contributed by atoms with van der Waals surface area (Å²) >= 11 is 14.1. The SMILES string of the molecule is COc1nc(-c2cccc(-c3cccc(Nc4nc(C(F)F)nc5cc(CN6CC[C@@H](O)C6)cnc45)c3Cl)c2Cl)ccc1CN(C)CC1(C(=O)O)CCCCC1. The molecule has 1 saturated carbocycles. The molecule has 2 aromatic carbocycles. The Kier molecular flexibility index (Phi) is 12.0. The van der Waals surface area contributed by atoms with E-state index in [2.05, 4.69) is 25.2 Å². The number of nitrogens with one attached hydrogen (secondary N) is 1. The van der Waals surface area contributed by atoms with Gasteiger partial charge in [-0.05, 0) is 50.1 Å². The van der Waals surface area contributed by atoms with E-state index in [-0.39, 0.29) is 22.5 Å². The van der Waals surface area contributed by atoms with E-state index in [1.807, 2.05) is 48.3 Å². The minimum Gasteiger partial charge on any atom is -0.481 e. The van der Waals surface area contributed by atoms with Crippen molar-refractivity contribution in [1.29, 1.82) is 0 Å². The molecular weight excluding hydrogens is 763 g/mol. The number of nitrogens with zero attached hydrogens (tertiary/aromatic N) is 6. The van der Waals surface area contributed by atoms with Gasteiger partial charge in [-0.1, -0.05) is 78.9 Å². The number of methoxy groups -OCH3 is 1. The number of benzene rings is 2. The van der Waals surface area contributed by atoms with Crippen molar-refractivity contribution in [3.05, 3.63) is 87.8 Å². The maximum absolute atomic E-state index is 14.0. The van der Waals surface area contributed by atoms with E-state index in [0.29, 0.717) is 89.9 Å². The summed E-state index contributed by atoms with van der Waals surface area (Å²) in [6.07, 6.45) is 3.26. The number of anilines is 2. The van der Waals surface area contributed by atoms with Crippen LogP contribution in [0.3, 0.4) is 0 Å². The number of β-amino-alcohol motifs (C(OH)–C–C–N with tert-alkyl or cyclic N) is 1. The van der Waals surface area contributed by atoms with Crippen LogP contribution in [0.4, 0.5) is 20.3 Å². The third-order valence-corrected chi connectivity index (χ3v) is 11.5. The second-order valence-electron chi connectivity index (χ2n) is 14.8. The smallest absolute Gasteiger partial charge is 0.310 e. The van der Waals surface area contributed by atoms with Gasteiger partial charge >= 0.3 is 5.97 Å². The van der Waals surface area contributed by atoms with Crippen molar-refractivity contribution in [1.82, 2.24) is 29.7 Å². The van der Waals surface area contributed by atoms with Gasteiger partial charge < -0.3 is 25.2 Å². The minimum absolute atomic E-state index is 0.0752. The zero-order valence-corrected chi connectivity index (χ0v) is 32.6. The Labute approximate surface area is 333 Å². The van der Waals surface area contributed by atoms with E-state index in [0.717, 1.165) is 36.9 Å². The Balaban J connectivity index is 1.15.